The molecule has 0 fully saturated rings. The molecule has 0 aliphatic heterocycles. The fourth-order valence-electron chi connectivity index (χ4n) is 4.77. The van der Waals surface area contributed by atoms with Gasteiger partial charge < -0.3 is 27.9 Å². The maximum Gasteiger partial charge on any atom is 0.306 e. The van der Waals surface area contributed by atoms with Gasteiger partial charge in [-0.3, -0.25) is 14.2 Å². The first-order valence-electron chi connectivity index (χ1n) is 17.7. The summed E-state index contributed by atoms with van der Waals surface area (Å²) in [6, 6.07) is 0. The zero-order valence-corrected chi connectivity index (χ0v) is 30.0. The van der Waals surface area contributed by atoms with Crippen molar-refractivity contribution in [1.29, 1.82) is 0 Å². The molecule has 0 saturated heterocycles. The van der Waals surface area contributed by atoms with Crippen LogP contribution in [-0.4, -0.2) is 70.0 Å². The zero-order chi connectivity index (χ0) is 32.9. The van der Waals surface area contributed by atoms with E-state index in [2.05, 4.69) is 13.8 Å². The van der Waals surface area contributed by atoms with Crippen molar-refractivity contribution in [3.63, 3.8) is 0 Å². The SMILES string of the molecule is CCCCCCCCCCCCCCCC(=O)OCC(COP(=O)([O-])OCC[N+](C)(C)C)OC(=O)CCCCCCCCC. The van der Waals surface area contributed by atoms with E-state index in [1.165, 1.54) is 83.5 Å². The largest absolute Gasteiger partial charge is 0.756 e. The van der Waals surface area contributed by atoms with Crippen molar-refractivity contribution in [2.75, 3.05) is 47.5 Å². The highest BCUT2D eigenvalue weighted by molar-refractivity contribution is 7.45. The van der Waals surface area contributed by atoms with Gasteiger partial charge in [0.2, 0.25) is 0 Å². The van der Waals surface area contributed by atoms with Crippen LogP contribution in [0.25, 0.3) is 0 Å². The number of carbonyl (C=O) groups is 2. The molecule has 0 radical (unpaired) electrons. The van der Waals surface area contributed by atoms with Gasteiger partial charge in [-0.25, -0.2) is 0 Å². The maximum atomic E-state index is 12.5. The van der Waals surface area contributed by atoms with E-state index >= 15 is 0 Å². The fourth-order valence-corrected chi connectivity index (χ4v) is 5.50. The number of likely N-dealkylation sites (N-methyl/N-ethyl adjacent to an activating group) is 1. The number of hydrogen-bond donors (Lipinski definition) is 0. The second-order valence-electron chi connectivity index (χ2n) is 13.2. The topological polar surface area (TPSA) is 111 Å². The Kier molecular flexibility index (Phi) is 27.6. The Morgan fingerprint density at radius 3 is 1.45 bits per heavy atom. The number of nitrogens with zero attached hydrogens (tertiary/aromatic N) is 1. The summed E-state index contributed by atoms with van der Waals surface area (Å²) in [5, 5.41) is 0. The monoisotopic (exact) mass is 649 g/mol. The smallest absolute Gasteiger partial charge is 0.306 e. The van der Waals surface area contributed by atoms with Gasteiger partial charge in [-0.1, -0.05) is 129 Å². The molecule has 0 aromatic rings. The zero-order valence-electron chi connectivity index (χ0n) is 29.1. The minimum atomic E-state index is -4.60. The molecule has 0 saturated carbocycles. The third-order valence-electron chi connectivity index (χ3n) is 7.63. The molecule has 0 aliphatic carbocycles. The average molecular weight is 650 g/mol. The van der Waals surface area contributed by atoms with Crippen LogP contribution in [0.15, 0.2) is 0 Å². The summed E-state index contributed by atoms with van der Waals surface area (Å²) in [6.07, 6.45) is 22.9. The van der Waals surface area contributed by atoms with E-state index in [1.54, 1.807) is 0 Å². The van der Waals surface area contributed by atoms with Gasteiger partial charge in [-0.05, 0) is 12.8 Å². The van der Waals surface area contributed by atoms with Crippen LogP contribution in [0.5, 0.6) is 0 Å². The van der Waals surface area contributed by atoms with Gasteiger partial charge in [0.15, 0.2) is 6.10 Å². The Bertz CT molecular complexity index is 743. The molecule has 0 amide bonds. The summed E-state index contributed by atoms with van der Waals surface area (Å²) in [6.45, 7) is 4.16. The third-order valence-corrected chi connectivity index (χ3v) is 8.59. The number of rotatable bonds is 32. The lowest BCUT2D eigenvalue weighted by Gasteiger charge is -2.28. The molecule has 2 unspecified atom stereocenters. The van der Waals surface area contributed by atoms with Gasteiger partial charge in [-0.2, -0.15) is 0 Å². The highest BCUT2D eigenvalue weighted by Gasteiger charge is 2.21. The van der Waals surface area contributed by atoms with Crippen LogP contribution in [0, 0.1) is 0 Å². The Morgan fingerprint density at radius 2 is 1.02 bits per heavy atom. The Balaban J connectivity index is 4.39. The molecule has 262 valence electrons. The molecule has 0 rings (SSSR count). The van der Waals surface area contributed by atoms with Gasteiger partial charge in [0.05, 0.1) is 27.7 Å². The van der Waals surface area contributed by atoms with Crippen molar-refractivity contribution in [2.45, 2.75) is 161 Å². The van der Waals surface area contributed by atoms with Crippen LogP contribution in [0.2, 0.25) is 0 Å². The molecule has 0 aliphatic rings. The maximum absolute atomic E-state index is 12.5. The molecular formula is C34H68NO8P. The summed E-state index contributed by atoms with van der Waals surface area (Å²) in [4.78, 5) is 37.0. The van der Waals surface area contributed by atoms with E-state index in [-0.39, 0.29) is 32.0 Å². The van der Waals surface area contributed by atoms with Crippen molar-refractivity contribution >= 4 is 19.8 Å². The van der Waals surface area contributed by atoms with E-state index in [0.717, 1.165) is 38.5 Å². The lowest BCUT2D eigenvalue weighted by molar-refractivity contribution is -0.870. The molecule has 44 heavy (non-hydrogen) atoms. The molecular weight excluding hydrogens is 581 g/mol. The van der Waals surface area contributed by atoms with E-state index in [1.807, 2.05) is 21.1 Å². The molecule has 0 spiro atoms. The summed E-state index contributed by atoms with van der Waals surface area (Å²) in [5.41, 5.74) is 0. The highest BCUT2D eigenvalue weighted by Crippen LogP contribution is 2.38. The minimum absolute atomic E-state index is 0.0267. The Labute approximate surface area is 270 Å². The molecule has 0 bridgehead atoms. The molecule has 10 heteroatoms. The van der Waals surface area contributed by atoms with Gasteiger partial charge in [0.1, 0.15) is 19.8 Å². The van der Waals surface area contributed by atoms with E-state index in [9.17, 15) is 19.0 Å². The number of phosphoric acid groups is 1. The molecule has 2 atom stereocenters. The molecule has 0 heterocycles. The predicted molar refractivity (Wildman–Crippen MR) is 176 cm³/mol. The second kappa shape index (κ2) is 28.3. The lowest BCUT2D eigenvalue weighted by Crippen LogP contribution is -2.37. The number of esters is 2. The lowest BCUT2D eigenvalue weighted by atomic mass is 10.0. The fraction of sp³-hybridized carbons (Fsp3) is 0.941. The van der Waals surface area contributed by atoms with Gasteiger partial charge >= 0.3 is 11.9 Å². The average Bonchev–Trinajstić information content (AvgIpc) is 2.95. The molecule has 9 nitrogen and oxygen atoms in total. The molecule has 0 N–H and O–H groups in total. The minimum Gasteiger partial charge on any atom is -0.756 e. The highest BCUT2D eigenvalue weighted by atomic mass is 31.2. The summed E-state index contributed by atoms with van der Waals surface area (Å²) >= 11 is 0. The molecule has 0 aromatic carbocycles. The first kappa shape index (κ1) is 43.0. The van der Waals surface area contributed by atoms with E-state index in [4.69, 9.17) is 18.5 Å². The van der Waals surface area contributed by atoms with Crippen LogP contribution in [0.4, 0.5) is 0 Å². The quantitative estimate of drug-likeness (QED) is 0.0310. The number of phosphoric ester groups is 1. The van der Waals surface area contributed by atoms with Gasteiger partial charge in [0.25, 0.3) is 7.82 Å². The Hall–Kier alpha value is -0.990. The number of unbranched alkanes of at least 4 members (excludes halogenated alkanes) is 18. The normalized spacial score (nSPS) is 13.9. The standard InChI is InChI=1S/C34H68NO8P/c1-6-8-10-12-14-15-16-17-18-19-21-22-24-26-33(36)40-30-32(31-42-44(38,39)41-29-28-35(3,4)5)43-34(37)27-25-23-20-13-11-9-7-2/h32H,6-31H2,1-5H3. The summed E-state index contributed by atoms with van der Waals surface area (Å²) in [5.74, 6) is -0.836. The summed E-state index contributed by atoms with van der Waals surface area (Å²) in [7, 11) is 1.17. The van der Waals surface area contributed by atoms with Crippen LogP contribution in [-0.2, 0) is 32.7 Å². The van der Waals surface area contributed by atoms with Crippen LogP contribution in [0.3, 0.4) is 0 Å². The second-order valence-corrected chi connectivity index (χ2v) is 14.7. The van der Waals surface area contributed by atoms with E-state index in [0.29, 0.717) is 17.4 Å². The number of carbonyl (C=O) groups excluding carboxylic acids is 2. The van der Waals surface area contributed by atoms with Crippen LogP contribution >= 0.6 is 7.82 Å². The van der Waals surface area contributed by atoms with Crippen molar-refractivity contribution < 1.29 is 42.1 Å². The van der Waals surface area contributed by atoms with Gasteiger partial charge in [-0.15, -0.1) is 0 Å². The van der Waals surface area contributed by atoms with Crippen molar-refractivity contribution in [3.8, 4) is 0 Å². The Morgan fingerprint density at radius 1 is 0.614 bits per heavy atom. The van der Waals surface area contributed by atoms with Crippen molar-refractivity contribution in [3.05, 3.63) is 0 Å². The summed E-state index contributed by atoms with van der Waals surface area (Å²) < 4.78 is 33.5. The number of hydrogen-bond acceptors (Lipinski definition) is 8. The van der Waals surface area contributed by atoms with Crippen molar-refractivity contribution in [1.82, 2.24) is 0 Å². The van der Waals surface area contributed by atoms with Crippen LogP contribution < -0.4 is 4.89 Å². The number of quaternary nitrogens is 1. The number of ether oxygens (including phenoxy) is 2. The molecule has 0 aromatic heterocycles. The first-order valence-corrected chi connectivity index (χ1v) is 19.2. The van der Waals surface area contributed by atoms with Crippen molar-refractivity contribution in [2.24, 2.45) is 0 Å². The van der Waals surface area contributed by atoms with Crippen LogP contribution in [0.1, 0.15) is 155 Å². The first-order chi connectivity index (χ1) is 21.0. The third kappa shape index (κ3) is 31.0. The van der Waals surface area contributed by atoms with E-state index < -0.39 is 26.5 Å². The van der Waals surface area contributed by atoms with Gasteiger partial charge in [0, 0.05) is 12.8 Å². The predicted octanol–water partition coefficient (Wildman–Crippen LogP) is 8.27.